The number of nitrogen functional groups attached to an aromatic ring is 1. The summed E-state index contributed by atoms with van der Waals surface area (Å²) in [5.41, 5.74) is 7.49. The Morgan fingerprint density at radius 3 is 2.21 bits per heavy atom. The summed E-state index contributed by atoms with van der Waals surface area (Å²) < 4.78 is 0. The molecule has 0 saturated heterocycles. The summed E-state index contributed by atoms with van der Waals surface area (Å²) in [4.78, 5) is 8.93. The molecule has 1 heterocycles. The van der Waals surface area contributed by atoms with Gasteiger partial charge in [0.15, 0.2) is 0 Å². The molecule has 4 heteroatoms. The Morgan fingerprint density at radius 1 is 1.11 bits per heavy atom. The van der Waals surface area contributed by atoms with Gasteiger partial charge in [-0.2, -0.15) is 0 Å². The van der Waals surface area contributed by atoms with Gasteiger partial charge < -0.3 is 5.73 Å². The van der Waals surface area contributed by atoms with Crippen LogP contribution in [0.3, 0.4) is 0 Å². The molecule has 0 amide bonds. The van der Waals surface area contributed by atoms with Crippen molar-refractivity contribution < 1.29 is 0 Å². The smallest absolute Gasteiger partial charge is 0.221 e. The Labute approximate surface area is 118 Å². The molecule has 2 N–H and O–H groups in total. The number of thioether (sulfide) groups is 1. The van der Waals surface area contributed by atoms with E-state index in [0.717, 1.165) is 22.8 Å². The lowest BCUT2D eigenvalue weighted by Crippen LogP contribution is -2.49. The first-order valence-electron chi connectivity index (χ1n) is 7.36. The summed E-state index contributed by atoms with van der Waals surface area (Å²) in [6, 6.07) is 2.20. The maximum absolute atomic E-state index is 5.92. The highest BCUT2D eigenvalue weighted by Gasteiger charge is 2.52. The molecule has 1 aromatic rings. The molecule has 102 valence electrons. The SMILES string of the molecule is CSc1cc(C23CC4CC(CC(C4)C2)C3)nc(N)n1. The van der Waals surface area contributed by atoms with Crippen molar-refractivity contribution in [2.45, 2.75) is 49.0 Å². The molecule has 4 aliphatic rings. The van der Waals surface area contributed by atoms with E-state index in [1.54, 1.807) is 11.8 Å². The number of rotatable bonds is 2. The van der Waals surface area contributed by atoms with Crippen molar-refractivity contribution in [1.29, 1.82) is 0 Å². The van der Waals surface area contributed by atoms with Crippen LogP contribution in [0.25, 0.3) is 0 Å². The second-order valence-corrected chi connectivity index (χ2v) is 7.68. The molecule has 0 aromatic carbocycles. The van der Waals surface area contributed by atoms with E-state index in [1.807, 2.05) is 0 Å². The Kier molecular flexibility index (Phi) is 2.60. The van der Waals surface area contributed by atoms with E-state index in [2.05, 4.69) is 22.3 Å². The highest BCUT2D eigenvalue weighted by Crippen LogP contribution is 2.60. The summed E-state index contributed by atoms with van der Waals surface area (Å²) >= 11 is 1.67. The minimum absolute atomic E-state index is 0.330. The largest absolute Gasteiger partial charge is 0.368 e. The first-order valence-corrected chi connectivity index (χ1v) is 8.58. The van der Waals surface area contributed by atoms with Crippen LogP contribution in [0.1, 0.15) is 44.2 Å². The average molecular weight is 275 g/mol. The van der Waals surface area contributed by atoms with Gasteiger partial charge in [-0.1, -0.05) is 0 Å². The van der Waals surface area contributed by atoms with E-state index in [-0.39, 0.29) is 0 Å². The van der Waals surface area contributed by atoms with Gasteiger partial charge in [0.1, 0.15) is 5.03 Å². The molecule has 0 unspecified atom stereocenters. The lowest BCUT2D eigenvalue weighted by molar-refractivity contribution is -0.00731. The zero-order chi connectivity index (χ0) is 13.0. The third kappa shape index (κ3) is 1.87. The third-order valence-corrected chi connectivity index (χ3v) is 6.14. The minimum atomic E-state index is 0.330. The number of nitrogens with two attached hydrogens (primary N) is 1. The summed E-state index contributed by atoms with van der Waals surface area (Å²) in [5, 5.41) is 1.03. The number of nitrogens with zero attached hydrogens (tertiary/aromatic N) is 2. The van der Waals surface area contributed by atoms with E-state index in [4.69, 9.17) is 5.73 Å². The standard InChI is InChI=1S/C15H21N3S/c1-19-13-5-12(17-14(16)18-13)15-6-9-2-10(7-15)4-11(3-9)8-15/h5,9-11H,2-4,6-8H2,1H3,(H2,16,17,18). The predicted octanol–water partition coefficient (Wildman–Crippen LogP) is 3.25. The van der Waals surface area contributed by atoms with Gasteiger partial charge >= 0.3 is 0 Å². The Bertz CT molecular complexity index is 479. The first-order chi connectivity index (χ1) is 9.17. The van der Waals surface area contributed by atoms with Gasteiger partial charge in [0.2, 0.25) is 5.95 Å². The predicted molar refractivity (Wildman–Crippen MR) is 78.1 cm³/mol. The van der Waals surface area contributed by atoms with Gasteiger partial charge in [0.25, 0.3) is 0 Å². The topological polar surface area (TPSA) is 51.8 Å². The molecule has 0 radical (unpaired) electrons. The van der Waals surface area contributed by atoms with Crippen molar-refractivity contribution >= 4 is 17.7 Å². The van der Waals surface area contributed by atoms with Gasteiger partial charge in [-0.25, -0.2) is 9.97 Å². The Morgan fingerprint density at radius 2 is 1.68 bits per heavy atom. The molecular weight excluding hydrogens is 254 g/mol. The van der Waals surface area contributed by atoms with Crippen LogP contribution in [0.5, 0.6) is 0 Å². The molecule has 3 nitrogen and oxygen atoms in total. The maximum Gasteiger partial charge on any atom is 0.221 e. The lowest BCUT2D eigenvalue weighted by atomic mass is 9.49. The maximum atomic E-state index is 5.92. The number of hydrogen-bond acceptors (Lipinski definition) is 4. The van der Waals surface area contributed by atoms with E-state index in [9.17, 15) is 0 Å². The van der Waals surface area contributed by atoms with Gasteiger partial charge in [-0.05, 0) is 68.6 Å². The fourth-order valence-electron chi connectivity index (χ4n) is 5.24. The van der Waals surface area contributed by atoms with Crippen molar-refractivity contribution in [3.05, 3.63) is 11.8 Å². The fourth-order valence-corrected chi connectivity index (χ4v) is 5.66. The molecule has 4 fully saturated rings. The highest BCUT2D eigenvalue weighted by atomic mass is 32.2. The van der Waals surface area contributed by atoms with Crippen LogP contribution in [-0.4, -0.2) is 16.2 Å². The van der Waals surface area contributed by atoms with Gasteiger partial charge in [0.05, 0.1) is 5.69 Å². The molecule has 4 saturated carbocycles. The fraction of sp³-hybridized carbons (Fsp3) is 0.733. The zero-order valence-corrected chi connectivity index (χ0v) is 12.2. The van der Waals surface area contributed by atoms with Crippen LogP contribution in [0, 0.1) is 17.8 Å². The average Bonchev–Trinajstić information content (AvgIpc) is 2.36. The van der Waals surface area contributed by atoms with E-state index >= 15 is 0 Å². The zero-order valence-electron chi connectivity index (χ0n) is 11.4. The number of anilines is 1. The van der Waals surface area contributed by atoms with Crippen LogP contribution in [-0.2, 0) is 5.41 Å². The van der Waals surface area contributed by atoms with Crippen molar-refractivity contribution in [1.82, 2.24) is 9.97 Å². The normalized spacial score (nSPS) is 39.7. The van der Waals surface area contributed by atoms with Gasteiger partial charge in [-0.3, -0.25) is 0 Å². The molecule has 5 rings (SSSR count). The van der Waals surface area contributed by atoms with Crippen LogP contribution < -0.4 is 5.73 Å². The van der Waals surface area contributed by atoms with Crippen LogP contribution in [0.15, 0.2) is 11.1 Å². The molecule has 4 aliphatic carbocycles. The summed E-state index contributed by atoms with van der Waals surface area (Å²) in [6.07, 6.45) is 10.5. The van der Waals surface area contributed by atoms with Crippen LogP contribution >= 0.6 is 11.8 Å². The van der Waals surface area contributed by atoms with E-state index < -0.39 is 0 Å². The first kappa shape index (κ1) is 12.0. The van der Waals surface area contributed by atoms with Crippen molar-refractivity contribution in [2.75, 3.05) is 12.0 Å². The van der Waals surface area contributed by atoms with E-state index in [0.29, 0.717) is 11.4 Å². The minimum Gasteiger partial charge on any atom is -0.368 e. The van der Waals surface area contributed by atoms with Crippen molar-refractivity contribution in [3.8, 4) is 0 Å². The van der Waals surface area contributed by atoms with E-state index in [1.165, 1.54) is 44.2 Å². The summed E-state index contributed by atoms with van der Waals surface area (Å²) in [5.74, 6) is 3.29. The number of aromatic nitrogens is 2. The lowest BCUT2D eigenvalue weighted by Gasteiger charge is -2.56. The number of hydrogen-bond donors (Lipinski definition) is 1. The second-order valence-electron chi connectivity index (χ2n) is 6.85. The quantitative estimate of drug-likeness (QED) is 0.665. The Hall–Kier alpha value is -0.770. The molecule has 0 aliphatic heterocycles. The van der Waals surface area contributed by atoms with Crippen LogP contribution in [0.4, 0.5) is 5.95 Å². The monoisotopic (exact) mass is 275 g/mol. The molecule has 1 aromatic heterocycles. The molecule has 0 atom stereocenters. The summed E-state index contributed by atoms with van der Waals surface area (Å²) in [7, 11) is 0. The molecule has 4 bridgehead atoms. The van der Waals surface area contributed by atoms with Gasteiger partial charge in [-0.15, -0.1) is 11.8 Å². The van der Waals surface area contributed by atoms with Gasteiger partial charge in [0, 0.05) is 5.41 Å². The van der Waals surface area contributed by atoms with Crippen molar-refractivity contribution in [3.63, 3.8) is 0 Å². The van der Waals surface area contributed by atoms with Crippen molar-refractivity contribution in [2.24, 2.45) is 17.8 Å². The third-order valence-electron chi connectivity index (χ3n) is 5.51. The highest BCUT2D eigenvalue weighted by molar-refractivity contribution is 7.98. The van der Waals surface area contributed by atoms with Crippen LogP contribution in [0.2, 0.25) is 0 Å². The molecular formula is C15H21N3S. The molecule has 19 heavy (non-hydrogen) atoms. The molecule has 0 spiro atoms. The Balaban J connectivity index is 1.77. The summed E-state index contributed by atoms with van der Waals surface area (Å²) in [6.45, 7) is 0. The second kappa shape index (κ2) is 4.11.